The molecule has 0 aromatic heterocycles. The lowest BCUT2D eigenvalue weighted by atomic mass is 10.1. The van der Waals surface area contributed by atoms with Crippen LogP contribution in [-0.2, 0) is 16.1 Å². The summed E-state index contributed by atoms with van der Waals surface area (Å²) in [6.45, 7) is 8.41. The maximum atomic E-state index is 11.5. The second-order valence-corrected chi connectivity index (χ2v) is 7.60. The van der Waals surface area contributed by atoms with Crippen LogP contribution in [0, 0.1) is 5.92 Å². The number of carbonyl (C=O) groups excluding carboxylic acids is 1. The van der Waals surface area contributed by atoms with Gasteiger partial charge in [-0.15, -0.1) is 0 Å². The van der Waals surface area contributed by atoms with Crippen molar-refractivity contribution in [2.24, 2.45) is 5.92 Å². The highest BCUT2D eigenvalue weighted by Gasteiger charge is 2.39. The molecule has 6 nitrogen and oxygen atoms in total. The van der Waals surface area contributed by atoms with Crippen molar-refractivity contribution in [2.45, 2.75) is 25.4 Å². The van der Waals surface area contributed by atoms with Crippen LogP contribution in [0.15, 0.2) is 24.3 Å². The highest BCUT2D eigenvalue weighted by Crippen LogP contribution is 2.28. The molecule has 3 heterocycles. The van der Waals surface area contributed by atoms with Crippen LogP contribution in [0.2, 0.25) is 0 Å². The first-order valence-corrected chi connectivity index (χ1v) is 9.80. The molecule has 0 spiro atoms. The number of nitrogens with one attached hydrogen (secondary N) is 1. The smallest absolute Gasteiger partial charge is 0.220 e. The minimum absolute atomic E-state index is 0.212. The molecule has 3 aliphatic rings. The summed E-state index contributed by atoms with van der Waals surface area (Å²) < 4.78 is 11.5. The average Bonchev–Trinajstić information content (AvgIpc) is 3.17. The quantitative estimate of drug-likeness (QED) is 0.739. The highest BCUT2D eigenvalue weighted by molar-refractivity contribution is 5.79. The van der Waals surface area contributed by atoms with E-state index in [1.54, 1.807) is 0 Å². The first-order chi connectivity index (χ1) is 12.8. The van der Waals surface area contributed by atoms with Gasteiger partial charge in [-0.05, 0) is 12.5 Å². The minimum Gasteiger partial charge on any atom is -0.493 e. The van der Waals surface area contributed by atoms with Gasteiger partial charge in [0.2, 0.25) is 5.91 Å². The second-order valence-electron chi connectivity index (χ2n) is 7.60. The Bertz CT molecular complexity index is 602. The Kier molecular flexibility index (Phi) is 5.72. The molecule has 4 rings (SSSR count). The molecule has 0 aliphatic carbocycles. The number of para-hydroxylation sites is 1. The van der Waals surface area contributed by atoms with Crippen molar-refractivity contribution >= 4 is 5.91 Å². The summed E-state index contributed by atoms with van der Waals surface area (Å²) in [6, 6.07) is 8.69. The van der Waals surface area contributed by atoms with Crippen LogP contribution in [-0.4, -0.2) is 74.3 Å². The highest BCUT2D eigenvalue weighted by atomic mass is 16.5. The number of likely N-dealkylation sites (tertiary alicyclic amines) is 1. The fraction of sp³-hybridized carbons (Fsp3) is 0.650. The van der Waals surface area contributed by atoms with E-state index in [4.69, 9.17) is 9.47 Å². The van der Waals surface area contributed by atoms with Crippen molar-refractivity contribution in [1.82, 2.24) is 15.1 Å². The van der Waals surface area contributed by atoms with Gasteiger partial charge in [0.05, 0.1) is 19.8 Å². The van der Waals surface area contributed by atoms with E-state index in [-0.39, 0.29) is 5.91 Å². The van der Waals surface area contributed by atoms with Crippen LogP contribution in [0.25, 0.3) is 0 Å². The molecular formula is C20H29N3O3. The summed E-state index contributed by atoms with van der Waals surface area (Å²) in [6.07, 6.45) is 1.72. The molecule has 0 bridgehead atoms. The van der Waals surface area contributed by atoms with Gasteiger partial charge in [0.25, 0.3) is 0 Å². The van der Waals surface area contributed by atoms with Gasteiger partial charge in [-0.2, -0.15) is 0 Å². The predicted molar refractivity (Wildman–Crippen MR) is 99.1 cm³/mol. The number of fused-ring (bicyclic) bond motifs is 1. The molecule has 3 aliphatic heterocycles. The van der Waals surface area contributed by atoms with Crippen LogP contribution in [0.1, 0.15) is 18.4 Å². The molecule has 0 radical (unpaired) electrons. The van der Waals surface area contributed by atoms with Gasteiger partial charge < -0.3 is 14.8 Å². The van der Waals surface area contributed by atoms with Gasteiger partial charge in [0.15, 0.2) is 0 Å². The number of morpholine rings is 1. The van der Waals surface area contributed by atoms with Gasteiger partial charge in [-0.25, -0.2) is 0 Å². The van der Waals surface area contributed by atoms with Crippen LogP contribution in [0.3, 0.4) is 0 Å². The molecule has 0 saturated carbocycles. The normalized spacial score (nSPS) is 26.7. The summed E-state index contributed by atoms with van der Waals surface area (Å²) in [5.74, 6) is 1.68. The Labute approximate surface area is 155 Å². The molecule has 3 fully saturated rings. The zero-order valence-electron chi connectivity index (χ0n) is 15.4. The Morgan fingerprint density at radius 3 is 2.85 bits per heavy atom. The molecule has 0 unspecified atom stereocenters. The molecule has 1 amide bonds. The molecule has 2 atom stereocenters. The molecule has 3 saturated heterocycles. The van der Waals surface area contributed by atoms with Gasteiger partial charge >= 0.3 is 0 Å². The number of ether oxygens (including phenoxy) is 2. The van der Waals surface area contributed by atoms with E-state index in [9.17, 15) is 4.79 Å². The molecule has 1 aromatic rings. The molecular weight excluding hydrogens is 330 g/mol. The third kappa shape index (κ3) is 4.37. The van der Waals surface area contributed by atoms with E-state index in [1.807, 2.05) is 6.07 Å². The lowest BCUT2D eigenvalue weighted by Gasteiger charge is -2.26. The average molecular weight is 359 g/mol. The largest absolute Gasteiger partial charge is 0.493 e. The van der Waals surface area contributed by atoms with Crippen molar-refractivity contribution in [3.05, 3.63) is 29.8 Å². The number of carbonyl (C=O) groups is 1. The number of benzene rings is 1. The van der Waals surface area contributed by atoms with Crippen LogP contribution >= 0.6 is 0 Å². The van der Waals surface area contributed by atoms with E-state index < -0.39 is 0 Å². The number of amides is 1. The fourth-order valence-corrected chi connectivity index (χ4v) is 4.28. The van der Waals surface area contributed by atoms with E-state index in [1.165, 1.54) is 5.56 Å². The van der Waals surface area contributed by atoms with Crippen molar-refractivity contribution in [1.29, 1.82) is 0 Å². The first-order valence-electron chi connectivity index (χ1n) is 9.80. The lowest BCUT2D eigenvalue weighted by molar-refractivity contribution is -0.119. The van der Waals surface area contributed by atoms with Crippen molar-refractivity contribution in [3.63, 3.8) is 0 Å². The monoisotopic (exact) mass is 359 g/mol. The number of rotatable bonds is 7. The Morgan fingerprint density at radius 1 is 1.15 bits per heavy atom. The van der Waals surface area contributed by atoms with Gasteiger partial charge in [0, 0.05) is 63.2 Å². The van der Waals surface area contributed by atoms with Crippen LogP contribution in [0.5, 0.6) is 5.75 Å². The van der Waals surface area contributed by atoms with E-state index >= 15 is 0 Å². The van der Waals surface area contributed by atoms with Crippen LogP contribution < -0.4 is 10.1 Å². The lowest BCUT2D eigenvalue weighted by Crippen LogP contribution is -2.37. The topological polar surface area (TPSA) is 54.0 Å². The van der Waals surface area contributed by atoms with Gasteiger partial charge in [-0.3, -0.25) is 14.6 Å². The summed E-state index contributed by atoms with van der Waals surface area (Å²) in [5, 5.41) is 3.09. The fourth-order valence-electron chi connectivity index (χ4n) is 4.28. The summed E-state index contributed by atoms with van der Waals surface area (Å²) in [4.78, 5) is 16.4. The van der Waals surface area contributed by atoms with E-state index in [2.05, 4.69) is 33.3 Å². The zero-order valence-corrected chi connectivity index (χ0v) is 15.4. The van der Waals surface area contributed by atoms with Gasteiger partial charge in [0.1, 0.15) is 5.75 Å². The van der Waals surface area contributed by atoms with Crippen molar-refractivity contribution < 1.29 is 14.3 Å². The predicted octanol–water partition coefficient (Wildman–Crippen LogP) is 1.11. The summed E-state index contributed by atoms with van der Waals surface area (Å²) in [5.41, 5.74) is 1.24. The van der Waals surface area contributed by atoms with Crippen molar-refractivity contribution in [3.8, 4) is 5.75 Å². The standard InChI is InChI=1S/C20H29N3O3/c24-20-12-17-14-23(15-18(17)21-20)13-16-4-1-2-5-19(16)26-9-3-6-22-7-10-25-11-8-22/h1-2,4-5,17-18H,3,6-15H2,(H,21,24)/t17-,18+/m0/s1. The summed E-state index contributed by atoms with van der Waals surface area (Å²) in [7, 11) is 0. The molecule has 1 N–H and O–H groups in total. The molecule has 6 heteroatoms. The Morgan fingerprint density at radius 2 is 2.00 bits per heavy atom. The third-order valence-corrected chi connectivity index (χ3v) is 5.66. The maximum Gasteiger partial charge on any atom is 0.220 e. The molecule has 1 aromatic carbocycles. The zero-order chi connectivity index (χ0) is 17.8. The van der Waals surface area contributed by atoms with Crippen molar-refractivity contribution in [2.75, 3.05) is 52.5 Å². The molecule has 142 valence electrons. The molecule has 26 heavy (non-hydrogen) atoms. The van der Waals surface area contributed by atoms with Crippen LogP contribution in [0.4, 0.5) is 0 Å². The third-order valence-electron chi connectivity index (χ3n) is 5.66. The Balaban J connectivity index is 1.25. The Hall–Kier alpha value is -1.63. The summed E-state index contributed by atoms with van der Waals surface area (Å²) >= 11 is 0. The minimum atomic E-state index is 0.212. The van der Waals surface area contributed by atoms with E-state index in [0.717, 1.165) is 71.3 Å². The van der Waals surface area contributed by atoms with E-state index in [0.29, 0.717) is 18.4 Å². The first kappa shape index (κ1) is 17.8. The number of nitrogens with zero attached hydrogens (tertiary/aromatic N) is 2. The second kappa shape index (κ2) is 8.37. The number of hydrogen-bond acceptors (Lipinski definition) is 5. The number of hydrogen-bond donors (Lipinski definition) is 1. The van der Waals surface area contributed by atoms with Gasteiger partial charge in [-0.1, -0.05) is 18.2 Å². The SMILES string of the molecule is O=C1C[C@H]2CN(Cc3ccccc3OCCCN3CCOCC3)C[C@H]2N1. The maximum absolute atomic E-state index is 11.5.